The molecule has 4 rings (SSSR count). The number of benzene rings is 4. The molecule has 0 aromatic heterocycles. The molecule has 4 aromatic rings. The second-order valence-electron chi connectivity index (χ2n) is 7.18. The van der Waals surface area contributed by atoms with Crippen molar-refractivity contribution < 1.29 is 0 Å². The van der Waals surface area contributed by atoms with Crippen LogP contribution >= 0.6 is 0 Å². The average Bonchev–Trinajstić information content (AvgIpc) is 2.86. The van der Waals surface area contributed by atoms with Gasteiger partial charge in [0, 0.05) is 16.8 Å². The predicted octanol–water partition coefficient (Wildman–Crippen LogP) is 6.27. The van der Waals surface area contributed by atoms with Gasteiger partial charge >= 0.3 is 0 Å². The highest BCUT2D eigenvalue weighted by atomic mass is 15.0. The minimum atomic E-state index is -0.627. The third kappa shape index (κ3) is 5.07. The Labute approximate surface area is 183 Å². The molecule has 0 radical (unpaired) electrons. The quantitative estimate of drug-likeness (QED) is 0.371. The van der Waals surface area contributed by atoms with Gasteiger partial charge in [-0.15, -0.1) is 0 Å². The van der Waals surface area contributed by atoms with Crippen LogP contribution in [0.4, 0.5) is 5.69 Å². The molecule has 0 aliphatic heterocycles. The Bertz CT molecular complexity index is 1110. The fourth-order valence-electron chi connectivity index (χ4n) is 3.54. The lowest BCUT2D eigenvalue weighted by Crippen LogP contribution is -2.25. The molecule has 0 spiro atoms. The third-order valence-electron chi connectivity index (χ3n) is 5.07. The van der Waals surface area contributed by atoms with Gasteiger partial charge in [-0.05, 0) is 17.7 Å². The molecule has 2 atom stereocenters. The molecule has 0 heterocycles. The van der Waals surface area contributed by atoms with E-state index in [4.69, 9.17) is 4.99 Å². The fraction of sp³-hybridized carbons (Fsp3) is 0.0714. The number of nitriles is 1. The smallest absolute Gasteiger partial charge is 0.161 e. The Hall–Kier alpha value is -4.16. The van der Waals surface area contributed by atoms with E-state index in [9.17, 15) is 5.26 Å². The number of rotatable bonds is 7. The highest BCUT2D eigenvalue weighted by Gasteiger charge is 2.24. The molecule has 0 fully saturated rings. The summed E-state index contributed by atoms with van der Waals surface area (Å²) < 4.78 is 0. The summed E-state index contributed by atoms with van der Waals surface area (Å²) in [4.78, 5) is 5.00. The van der Waals surface area contributed by atoms with Crippen LogP contribution in [0.25, 0.3) is 0 Å². The van der Waals surface area contributed by atoms with Crippen molar-refractivity contribution in [3.8, 4) is 6.07 Å². The summed E-state index contributed by atoms with van der Waals surface area (Å²) in [5.41, 5.74) is 4.75. The van der Waals surface area contributed by atoms with Gasteiger partial charge in [0.1, 0.15) is 0 Å². The van der Waals surface area contributed by atoms with Gasteiger partial charge < -0.3 is 5.32 Å². The maximum atomic E-state index is 10.2. The first-order valence-electron chi connectivity index (χ1n) is 10.3. The highest BCUT2D eigenvalue weighted by molar-refractivity contribution is 6.13. The second-order valence-corrected chi connectivity index (χ2v) is 7.18. The SMILES string of the molecule is N#CC(N=C(c1ccccc1)c1ccccc1)C(Nc1ccccc1)c1ccccc1. The molecule has 2 unspecified atom stereocenters. The first-order valence-corrected chi connectivity index (χ1v) is 10.3. The van der Waals surface area contributed by atoms with Crippen molar-refractivity contribution in [2.75, 3.05) is 5.32 Å². The topological polar surface area (TPSA) is 48.2 Å². The molecule has 0 aliphatic rings. The van der Waals surface area contributed by atoms with Crippen molar-refractivity contribution in [1.29, 1.82) is 5.26 Å². The van der Waals surface area contributed by atoms with Crippen LogP contribution < -0.4 is 5.32 Å². The molecule has 150 valence electrons. The van der Waals surface area contributed by atoms with E-state index in [-0.39, 0.29) is 6.04 Å². The van der Waals surface area contributed by atoms with E-state index in [0.29, 0.717) is 0 Å². The first kappa shape index (κ1) is 20.1. The zero-order valence-corrected chi connectivity index (χ0v) is 17.1. The van der Waals surface area contributed by atoms with E-state index in [1.54, 1.807) is 0 Å². The van der Waals surface area contributed by atoms with Crippen LogP contribution in [0, 0.1) is 11.3 Å². The molecule has 0 saturated carbocycles. The molecule has 0 saturated heterocycles. The first-order chi connectivity index (χ1) is 15.3. The number of nitrogens with one attached hydrogen (secondary N) is 1. The summed E-state index contributed by atoms with van der Waals surface area (Å²) in [7, 11) is 0. The Morgan fingerprint density at radius 3 is 1.58 bits per heavy atom. The molecular formula is C28H23N3. The summed E-state index contributed by atoms with van der Waals surface area (Å²) in [5.74, 6) is 0. The minimum Gasteiger partial charge on any atom is -0.375 e. The molecule has 0 bridgehead atoms. The molecule has 4 aromatic carbocycles. The summed E-state index contributed by atoms with van der Waals surface area (Å²) in [6.45, 7) is 0. The van der Waals surface area contributed by atoms with Gasteiger partial charge in [0.15, 0.2) is 6.04 Å². The van der Waals surface area contributed by atoms with Gasteiger partial charge in [0.2, 0.25) is 0 Å². The van der Waals surface area contributed by atoms with Crippen LogP contribution in [0.1, 0.15) is 22.7 Å². The van der Waals surface area contributed by atoms with Gasteiger partial charge in [-0.3, -0.25) is 4.99 Å². The minimum absolute atomic E-state index is 0.295. The van der Waals surface area contributed by atoms with Gasteiger partial charge in [0.25, 0.3) is 0 Å². The van der Waals surface area contributed by atoms with Crippen molar-refractivity contribution >= 4 is 11.4 Å². The third-order valence-corrected chi connectivity index (χ3v) is 5.07. The van der Waals surface area contributed by atoms with E-state index in [1.165, 1.54) is 0 Å². The maximum Gasteiger partial charge on any atom is 0.161 e. The molecule has 0 aliphatic carbocycles. The average molecular weight is 402 g/mol. The van der Waals surface area contributed by atoms with Crippen LogP contribution in [-0.4, -0.2) is 11.8 Å². The van der Waals surface area contributed by atoms with Gasteiger partial charge in [-0.1, -0.05) is 109 Å². The number of hydrogen-bond acceptors (Lipinski definition) is 3. The van der Waals surface area contributed by atoms with E-state index in [1.807, 2.05) is 121 Å². The van der Waals surface area contributed by atoms with Crippen molar-refractivity contribution in [1.82, 2.24) is 0 Å². The maximum absolute atomic E-state index is 10.2. The number of anilines is 1. The summed E-state index contributed by atoms with van der Waals surface area (Å²) in [6, 6.07) is 41.5. The van der Waals surface area contributed by atoms with E-state index in [2.05, 4.69) is 11.4 Å². The molecule has 31 heavy (non-hydrogen) atoms. The van der Waals surface area contributed by atoms with Crippen molar-refractivity contribution in [2.45, 2.75) is 12.1 Å². The number of aliphatic imine (C=N–C) groups is 1. The van der Waals surface area contributed by atoms with Crippen LogP contribution in [-0.2, 0) is 0 Å². The van der Waals surface area contributed by atoms with Crippen LogP contribution in [0.3, 0.4) is 0 Å². The standard InChI is InChI=1S/C28H23N3/c29-21-26(28(24-17-9-3-10-18-24)30-25-19-11-4-12-20-25)31-27(22-13-5-1-6-14-22)23-15-7-2-8-16-23/h1-20,26,28,30H. The summed E-state index contributed by atoms with van der Waals surface area (Å²) >= 11 is 0. The fourth-order valence-corrected chi connectivity index (χ4v) is 3.54. The van der Waals surface area contributed by atoms with E-state index >= 15 is 0 Å². The lowest BCUT2D eigenvalue weighted by molar-refractivity contribution is 0.690. The summed E-state index contributed by atoms with van der Waals surface area (Å²) in [6.07, 6.45) is 0. The van der Waals surface area contributed by atoms with Crippen LogP contribution in [0.5, 0.6) is 0 Å². The van der Waals surface area contributed by atoms with E-state index < -0.39 is 6.04 Å². The largest absolute Gasteiger partial charge is 0.375 e. The van der Waals surface area contributed by atoms with Crippen molar-refractivity contribution in [3.63, 3.8) is 0 Å². The van der Waals surface area contributed by atoms with Gasteiger partial charge in [-0.2, -0.15) is 5.26 Å². The Kier molecular flexibility index (Phi) is 6.52. The number of hydrogen-bond donors (Lipinski definition) is 1. The summed E-state index contributed by atoms with van der Waals surface area (Å²) in [5, 5.41) is 13.7. The number of nitrogens with zero attached hydrogens (tertiary/aromatic N) is 2. The lowest BCUT2D eigenvalue weighted by Gasteiger charge is -2.23. The molecule has 3 nitrogen and oxygen atoms in total. The number of para-hydroxylation sites is 1. The molecular weight excluding hydrogens is 378 g/mol. The normalized spacial score (nSPS) is 12.2. The van der Waals surface area contributed by atoms with Crippen LogP contribution in [0.2, 0.25) is 0 Å². The highest BCUT2D eigenvalue weighted by Crippen LogP contribution is 2.26. The van der Waals surface area contributed by atoms with Crippen LogP contribution in [0.15, 0.2) is 126 Å². The Morgan fingerprint density at radius 2 is 1.10 bits per heavy atom. The van der Waals surface area contributed by atoms with Gasteiger partial charge in [-0.25, -0.2) is 0 Å². The monoisotopic (exact) mass is 401 g/mol. The molecule has 3 heteroatoms. The second kappa shape index (κ2) is 10.0. The van der Waals surface area contributed by atoms with Crippen molar-refractivity contribution in [2.24, 2.45) is 4.99 Å². The lowest BCUT2D eigenvalue weighted by atomic mass is 9.97. The predicted molar refractivity (Wildman–Crippen MR) is 127 cm³/mol. The molecule has 0 amide bonds. The zero-order valence-electron chi connectivity index (χ0n) is 17.1. The van der Waals surface area contributed by atoms with Crippen molar-refractivity contribution in [3.05, 3.63) is 138 Å². The Balaban J connectivity index is 1.80. The van der Waals surface area contributed by atoms with E-state index in [0.717, 1.165) is 28.1 Å². The Morgan fingerprint density at radius 1 is 0.645 bits per heavy atom. The molecule has 1 N–H and O–H groups in total. The zero-order chi connectivity index (χ0) is 21.3. The van der Waals surface area contributed by atoms with Gasteiger partial charge in [0.05, 0.1) is 17.8 Å².